The third-order valence-electron chi connectivity index (χ3n) is 4.42. The number of carbonyl (C=O) groups excluding carboxylic acids is 1. The Kier molecular flexibility index (Phi) is 3.90. The molecule has 2 atom stereocenters. The van der Waals surface area contributed by atoms with Gasteiger partial charge in [0, 0.05) is 24.1 Å². The Balaban J connectivity index is 1.74. The second-order valence-corrected chi connectivity index (χ2v) is 7.34. The molecule has 0 radical (unpaired) electrons. The molecule has 1 fully saturated rings. The molecule has 1 amide bonds. The van der Waals surface area contributed by atoms with Crippen molar-refractivity contribution >= 4 is 6.09 Å². The molecular formula is C18H25NO4. The van der Waals surface area contributed by atoms with Crippen LogP contribution in [0.1, 0.15) is 44.2 Å². The van der Waals surface area contributed by atoms with Crippen molar-refractivity contribution in [1.82, 2.24) is 4.90 Å². The van der Waals surface area contributed by atoms with Gasteiger partial charge in [-0.2, -0.15) is 0 Å². The third-order valence-corrected chi connectivity index (χ3v) is 4.42. The van der Waals surface area contributed by atoms with Crippen LogP contribution in [0.5, 0.6) is 11.5 Å². The smallest absolute Gasteiger partial charge is 0.410 e. The zero-order valence-electron chi connectivity index (χ0n) is 14.5. The average molecular weight is 319 g/mol. The van der Waals surface area contributed by atoms with Gasteiger partial charge in [-0.1, -0.05) is 0 Å². The normalized spacial score (nSPS) is 22.9. The predicted octanol–water partition coefficient (Wildman–Crippen LogP) is 3.49. The first-order valence-corrected chi connectivity index (χ1v) is 8.11. The van der Waals surface area contributed by atoms with Gasteiger partial charge < -0.3 is 19.1 Å². The molecule has 2 aliphatic rings. The number of carbonyl (C=O) groups is 1. The largest absolute Gasteiger partial charge is 0.496 e. The van der Waals surface area contributed by atoms with Gasteiger partial charge in [-0.15, -0.1) is 0 Å². The maximum absolute atomic E-state index is 12.3. The summed E-state index contributed by atoms with van der Waals surface area (Å²) in [7, 11) is 1.67. The van der Waals surface area contributed by atoms with Crippen molar-refractivity contribution in [3.8, 4) is 11.5 Å². The lowest BCUT2D eigenvalue weighted by molar-refractivity contribution is 0.00788. The van der Waals surface area contributed by atoms with E-state index in [1.807, 2.05) is 33.8 Å². The van der Waals surface area contributed by atoms with E-state index in [4.69, 9.17) is 14.2 Å². The van der Waals surface area contributed by atoms with Crippen LogP contribution < -0.4 is 9.47 Å². The van der Waals surface area contributed by atoms with Gasteiger partial charge in [0.1, 0.15) is 23.2 Å². The first kappa shape index (κ1) is 16.0. The van der Waals surface area contributed by atoms with Crippen molar-refractivity contribution in [1.29, 1.82) is 0 Å². The molecule has 2 aliphatic heterocycles. The highest BCUT2D eigenvalue weighted by Gasteiger charge is 2.41. The minimum Gasteiger partial charge on any atom is -0.496 e. The second kappa shape index (κ2) is 5.62. The molecule has 0 saturated carbocycles. The second-order valence-electron chi connectivity index (χ2n) is 7.34. The van der Waals surface area contributed by atoms with Crippen LogP contribution in [0.2, 0.25) is 0 Å². The third kappa shape index (κ3) is 3.09. The van der Waals surface area contributed by atoms with Crippen molar-refractivity contribution < 1.29 is 19.0 Å². The molecule has 5 heteroatoms. The molecule has 0 N–H and O–H groups in total. The highest BCUT2D eigenvalue weighted by atomic mass is 16.6. The fraction of sp³-hybridized carbons (Fsp3) is 0.611. The number of ether oxygens (including phenoxy) is 3. The Morgan fingerprint density at radius 2 is 2.09 bits per heavy atom. The van der Waals surface area contributed by atoms with Crippen molar-refractivity contribution in [3.63, 3.8) is 0 Å². The number of hydrogen-bond acceptors (Lipinski definition) is 4. The van der Waals surface area contributed by atoms with Gasteiger partial charge in [0.15, 0.2) is 0 Å². The van der Waals surface area contributed by atoms with E-state index in [1.54, 1.807) is 12.0 Å². The summed E-state index contributed by atoms with van der Waals surface area (Å²) in [5.41, 5.74) is 1.87. The monoisotopic (exact) mass is 319 g/mol. The molecule has 126 valence electrons. The van der Waals surface area contributed by atoms with E-state index in [-0.39, 0.29) is 12.2 Å². The average Bonchev–Trinajstić information content (AvgIpc) is 2.81. The lowest BCUT2D eigenvalue weighted by atomic mass is 9.88. The first-order valence-electron chi connectivity index (χ1n) is 8.11. The number of methoxy groups -OCH3 is 1. The van der Waals surface area contributed by atoms with E-state index < -0.39 is 5.60 Å². The summed E-state index contributed by atoms with van der Waals surface area (Å²) in [4.78, 5) is 14.0. The van der Waals surface area contributed by atoms with Crippen LogP contribution in [0.25, 0.3) is 0 Å². The summed E-state index contributed by atoms with van der Waals surface area (Å²) in [6.45, 7) is 8.96. The highest BCUT2D eigenvalue weighted by molar-refractivity contribution is 5.68. The molecule has 5 nitrogen and oxygen atoms in total. The number of amides is 1. The van der Waals surface area contributed by atoms with Crippen LogP contribution >= 0.6 is 0 Å². The van der Waals surface area contributed by atoms with Gasteiger partial charge in [-0.3, -0.25) is 0 Å². The quantitative estimate of drug-likeness (QED) is 0.795. The van der Waals surface area contributed by atoms with Crippen LogP contribution in [-0.4, -0.2) is 42.9 Å². The van der Waals surface area contributed by atoms with Gasteiger partial charge >= 0.3 is 6.09 Å². The summed E-state index contributed by atoms with van der Waals surface area (Å²) in [6, 6.07) is 4.11. The van der Waals surface area contributed by atoms with E-state index in [0.717, 1.165) is 23.5 Å². The van der Waals surface area contributed by atoms with E-state index in [9.17, 15) is 4.79 Å². The van der Waals surface area contributed by atoms with E-state index in [2.05, 4.69) is 6.07 Å². The van der Waals surface area contributed by atoms with E-state index in [1.165, 1.54) is 5.56 Å². The van der Waals surface area contributed by atoms with Crippen LogP contribution in [-0.2, 0) is 4.74 Å². The summed E-state index contributed by atoms with van der Waals surface area (Å²) in [5.74, 6) is 2.06. The molecule has 0 bridgehead atoms. The molecule has 2 unspecified atom stereocenters. The van der Waals surface area contributed by atoms with Crippen molar-refractivity contribution in [2.24, 2.45) is 0 Å². The van der Waals surface area contributed by atoms with Crippen LogP contribution in [0, 0.1) is 6.92 Å². The van der Waals surface area contributed by atoms with E-state index >= 15 is 0 Å². The minimum absolute atomic E-state index is 0.00206. The van der Waals surface area contributed by atoms with Crippen LogP contribution in [0.15, 0.2) is 12.1 Å². The molecule has 2 heterocycles. The number of piperidine rings is 1. The lowest BCUT2D eigenvalue weighted by Gasteiger charge is -2.35. The molecular weight excluding hydrogens is 294 g/mol. The summed E-state index contributed by atoms with van der Waals surface area (Å²) in [6.07, 6.45) is 0.630. The highest BCUT2D eigenvalue weighted by Crippen LogP contribution is 2.45. The fourth-order valence-corrected chi connectivity index (χ4v) is 3.35. The minimum atomic E-state index is -0.474. The number of nitrogens with zero attached hydrogens (tertiary/aromatic N) is 1. The Morgan fingerprint density at radius 3 is 2.74 bits per heavy atom. The van der Waals surface area contributed by atoms with Crippen molar-refractivity contribution in [3.05, 3.63) is 23.3 Å². The van der Waals surface area contributed by atoms with Crippen molar-refractivity contribution in [2.75, 3.05) is 20.2 Å². The molecule has 1 saturated heterocycles. The van der Waals surface area contributed by atoms with Gasteiger partial charge in [0.25, 0.3) is 0 Å². The molecule has 1 aromatic rings. The molecule has 1 aromatic carbocycles. The van der Waals surface area contributed by atoms with Gasteiger partial charge in [0.05, 0.1) is 13.7 Å². The van der Waals surface area contributed by atoms with Gasteiger partial charge in [0.2, 0.25) is 0 Å². The molecule has 3 rings (SSSR count). The Bertz CT molecular complexity index is 620. The summed E-state index contributed by atoms with van der Waals surface area (Å²) >= 11 is 0. The molecule has 0 aromatic heterocycles. The zero-order chi connectivity index (χ0) is 16.8. The summed E-state index contributed by atoms with van der Waals surface area (Å²) < 4.78 is 16.9. The standard InChI is InChI=1S/C18H25NO4/c1-11-8-13-12-6-7-19(17(20)23-18(2,3)4)10-16(12)22-15(13)9-14(11)21-5/h8-9,12,16H,6-7,10H2,1-5H3. The number of rotatable bonds is 1. The Morgan fingerprint density at radius 1 is 1.35 bits per heavy atom. The maximum atomic E-state index is 12.3. The van der Waals surface area contributed by atoms with Gasteiger partial charge in [-0.05, 0) is 45.7 Å². The summed E-state index contributed by atoms with van der Waals surface area (Å²) in [5, 5.41) is 0. The Hall–Kier alpha value is -1.91. The zero-order valence-corrected chi connectivity index (χ0v) is 14.5. The maximum Gasteiger partial charge on any atom is 0.410 e. The number of aryl methyl sites for hydroxylation is 1. The lowest BCUT2D eigenvalue weighted by Crippen LogP contribution is -2.47. The molecule has 0 spiro atoms. The van der Waals surface area contributed by atoms with Gasteiger partial charge in [-0.25, -0.2) is 4.79 Å². The van der Waals surface area contributed by atoms with Crippen molar-refractivity contribution in [2.45, 2.75) is 51.7 Å². The molecule has 0 aliphatic carbocycles. The molecule has 23 heavy (non-hydrogen) atoms. The number of benzene rings is 1. The van der Waals surface area contributed by atoms with Crippen LogP contribution in [0.3, 0.4) is 0 Å². The SMILES string of the molecule is COc1cc2c(cc1C)C1CCN(C(=O)OC(C)(C)C)CC1O2. The predicted molar refractivity (Wildman–Crippen MR) is 87.3 cm³/mol. The number of hydrogen-bond donors (Lipinski definition) is 0. The number of fused-ring (bicyclic) bond motifs is 3. The number of likely N-dealkylation sites (tertiary alicyclic amines) is 1. The fourth-order valence-electron chi connectivity index (χ4n) is 3.35. The Labute approximate surface area is 137 Å². The van der Waals surface area contributed by atoms with Crippen LogP contribution in [0.4, 0.5) is 4.79 Å². The topological polar surface area (TPSA) is 48.0 Å². The van der Waals surface area contributed by atoms with E-state index in [0.29, 0.717) is 19.0 Å². The first-order chi connectivity index (χ1) is 10.8.